The molecule has 1 aliphatic rings. The summed E-state index contributed by atoms with van der Waals surface area (Å²) in [6.45, 7) is 2.27. The molecule has 2 atom stereocenters. The van der Waals surface area contributed by atoms with Crippen LogP contribution in [0.1, 0.15) is 6.92 Å². The Labute approximate surface area is 91.1 Å². The van der Waals surface area contributed by atoms with Crippen LogP contribution in [0.3, 0.4) is 0 Å². The highest BCUT2D eigenvalue weighted by molar-refractivity contribution is 7.99. The zero-order valence-corrected chi connectivity index (χ0v) is 9.68. The van der Waals surface area contributed by atoms with E-state index in [1.165, 1.54) is 22.8 Å². The van der Waals surface area contributed by atoms with Crippen molar-refractivity contribution in [1.29, 1.82) is 0 Å². The standard InChI is InChI=1S/C8H11ClN2S2/c1-5-2-12-3-6(5)10-7-4-13-8(9)11-7/h4-6,10H,2-3H2,1H3. The molecule has 0 amide bonds. The van der Waals surface area contributed by atoms with Crippen molar-refractivity contribution in [2.24, 2.45) is 5.92 Å². The van der Waals surface area contributed by atoms with E-state index in [1.54, 1.807) is 0 Å². The molecule has 0 aromatic carbocycles. The summed E-state index contributed by atoms with van der Waals surface area (Å²) in [7, 11) is 0. The fourth-order valence-corrected chi connectivity index (χ4v) is 3.46. The lowest BCUT2D eigenvalue weighted by Gasteiger charge is -2.15. The number of rotatable bonds is 2. The molecule has 0 radical (unpaired) electrons. The van der Waals surface area contributed by atoms with Crippen molar-refractivity contribution in [1.82, 2.24) is 4.98 Å². The van der Waals surface area contributed by atoms with Gasteiger partial charge in [-0.25, -0.2) is 4.98 Å². The third kappa shape index (κ3) is 2.30. The van der Waals surface area contributed by atoms with Crippen LogP contribution in [0, 0.1) is 5.92 Å². The van der Waals surface area contributed by atoms with Crippen LogP contribution in [0.2, 0.25) is 4.47 Å². The van der Waals surface area contributed by atoms with Gasteiger partial charge in [-0.1, -0.05) is 18.5 Å². The zero-order chi connectivity index (χ0) is 9.26. The third-order valence-corrected chi connectivity index (χ3v) is 4.51. The Morgan fingerprint density at radius 1 is 1.62 bits per heavy atom. The molecule has 1 aliphatic heterocycles. The van der Waals surface area contributed by atoms with Crippen LogP contribution in [-0.4, -0.2) is 22.5 Å². The highest BCUT2D eigenvalue weighted by atomic mass is 35.5. The second-order valence-electron chi connectivity index (χ2n) is 3.25. The number of anilines is 1. The van der Waals surface area contributed by atoms with Crippen LogP contribution in [0.25, 0.3) is 0 Å². The first kappa shape index (κ1) is 9.62. The van der Waals surface area contributed by atoms with E-state index in [4.69, 9.17) is 11.6 Å². The molecule has 1 saturated heterocycles. The summed E-state index contributed by atoms with van der Waals surface area (Å²) in [4.78, 5) is 4.17. The van der Waals surface area contributed by atoms with E-state index in [1.807, 2.05) is 17.1 Å². The molecule has 1 fully saturated rings. The molecule has 0 saturated carbocycles. The van der Waals surface area contributed by atoms with Crippen molar-refractivity contribution >= 4 is 40.5 Å². The Morgan fingerprint density at radius 3 is 3.00 bits per heavy atom. The molecule has 2 heterocycles. The van der Waals surface area contributed by atoms with Crippen LogP contribution in [0.15, 0.2) is 5.38 Å². The Balaban J connectivity index is 1.97. The predicted molar refractivity (Wildman–Crippen MR) is 61.0 cm³/mol. The summed E-state index contributed by atoms with van der Waals surface area (Å²) in [6, 6.07) is 0.558. The van der Waals surface area contributed by atoms with Gasteiger partial charge in [0.15, 0.2) is 4.47 Å². The van der Waals surface area contributed by atoms with E-state index < -0.39 is 0 Å². The van der Waals surface area contributed by atoms with Crippen LogP contribution in [0.5, 0.6) is 0 Å². The number of thioether (sulfide) groups is 1. The van der Waals surface area contributed by atoms with Gasteiger partial charge in [0, 0.05) is 17.2 Å². The van der Waals surface area contributed by atoms with E-state index in [-0.39, 0.29) is 0 Å². The quantitative estimate of drug-likeness (QED) is 0.852. The molecule has 2 nitrogen and oxygen atoms in total. The lowest BCUT2D eigenvalue weighted by molar-refractivity contribution is 0.598. The summed E-state index contributed by atoms with van der Waals surface area (Å²) in [5.74, 6) is 4.08. The fourth-order valence-electron chi connectivity index (χ4n) is 1.35. The predicted octanol–water partition coefficient (Wildman–Crippen LogP) is 2.96. The topological polar surface area (TPSA) is 24.9 Å². The molecule has 72 valence electrons. The van der Waals surface area contributed by atoms with E-state index >= 15 is 0 Å². The molecule has 5 heteroatoms. The average molecular weight is 235 g/mol. The number of thiazole rings is 1. The summed E-state index contributed by atoms with van der Waals surface area (Å²) in [6.07, 6.45) is 0. The second kappa shape index (κ2) is 4.07. The maximum absolute atomic E-state index is 5.74. The lowest BCUT2D eigenvalue weighted by Crippen LogP contribution is -2.25. The number of nitrogens with zero attached hydrogens (tertiary/aromatic N) is 1. The van der Waals surface area contributed by atoms with Gasteiger partial charge in [-0.15, -0.1) is 11.3 Å². The van der Waals surface area contributed by atoms with Gasteiger partial charge < -0.3 is 5.32 Å². The number of hydrogen-bond acceptors (Lipinski definition) is 4. The maximum Gasteiger partial charge on any atom is 0.185 e. The monoisotopic (exact) mass is 234 g/mol. The van der Waals surface area contributed by atoms with Gasteiger partial charge in [-0.2, -0.15) is 11.8 Å². The summed E-state index contributed by atoms with van der Waals surface area (Å²) < 4.78 is 0.612. The normalized spacial score (nSPS) is 27.8. The van der Waals surface area contributed by atoms with E-state index in [0.29, 0.717) is 10.5 Å². The van der Waals surface area contributed by atoms with Gasteiger partial charge in [-0.05, 0) is 11.7 Å². The molecule has 1 aromatic heterocycles. The van der Waals surface area contributed by atoms with Gasteiger partial charge in [0.25, 0.3) is 0 Å². The molecule has 1 N–H and O–H groups in total. The van der Waals surface area contributed by atoms with Crippen LogP contribution >= 0.6 is 34.7 Å². The SMILES string of the molecule is CC1CSCC1Nc1csc(Cl)n1. The smallest absolute Gasteiger partial charge is 0.185 e. The van der Waals surface area contributed by atoms with Crippen LogP contribution < -0.4 is 5.32 Å². The van der Waals surface area contributed by atoms with Crippen molar-refractivity contribution < 1.29 is 0 Å². The minimum atomic E-state index is 0.558. The van der Waals surface area contributed by atoms with Crippen molar-refractivity contribution in [2.75, 3.05) is 16.8 Å². The van der Waals surface area contributed by atoms with Gasteiger partial charge in [0.1, 0.15) is 5.82 Å². The summed E-state index contributed by atoms with van der Waals surface area (Å²) in [5, 5.41) is 5.38. The van der Waals surface area contributed by atoms with Crippen molar-refractivity contribution in [3.8, 4) is 0 Å². The Kier molecular flexibility index (Phi) is 3.01. The minimum absolute atomic E-state index is 0.558. The van der Waals surface area contributed by atoms with E-state index in [2.05, 4.69) is 17.2 Å². The highest BCUT2D eigenvalue weighted by Gasteiger charge is 2.24. The van der Waals surface area contributed by atoms with Gasteiger partial charge in [-0.3, -0.25) is 0 Å². The molecule has 0 spiro atoms. The summed E-state index contributed by atoms with van der Waals surface area (Å²) in [5.41, 5.74) is 0. The molecule has 0 aliphatic carbocycles. The van der Waals surface area contributed by atoms with Crippen LogP contribution in [0.4, 0.5) is 5.82 Å². The first-order valence-corrected chi connectivity index (χ1v) is 6.62. The van der Waals surface area contributed by atoms with Crippen molar-refractivity contribution in [3.63, 3.8) is 0 Å². The van der Waals surface area contributed by atoms with E-state index in [0.717, 1.165) is 11.7 Å². The third-order valence-electron chi connectivity index (χ3n) is 2.17. The van der Waals surface area contributed by atoms with Crippen LogP contribution in [-0.2, 0) is 0 Å². The lowest BCUT2D eigenvalue weighted by atomic mass is 10.1. The molecule has 13 heavy (non-hydrogen) atoms. The zero-order valence-electron chi connectivity index (χ0n) is 7.29. The highest BCUT2D eigenvalue weighted by Crippen LogP contribution is 2.27. The molecular formula is C8H11ClN2S2. The van der Waals surface area contributed by atoms with Crippen molar-refractivity contribution in [2.45, 2.75) is 13.0 Å². The molecule has 2 unspecified atom stereocenters. The minimum Gasteiger partial charge on any atom is -0.365 e. The molecule has 1 aromatic rings. The van der Waals surface area contributed by atoms with Gasteiger partial charge >= 0.3 is 0 Å². The molecule has 2 rings (SSSR count). The number of hydrogen-bond donors (Lipinski definition) is 1. The average Bonchev–Trinajstić information content (AvgIpc) is 2.64. The first-order chi connectivity index (χ1) is 6.25. The van der Waals surface area contributed by atoms with E-state index in [9.17, 15) is 0 Å². The Bertz CT molecular complexity index is 289. The summed E-state index contributed by atoms with van der Waals surface area (Å²) >= 11 is 9.21. The first-order valence-electron chi connectivity index (χ1n) is 4.21. The largest absolute Gasteiger partial charge is 0.365 e. The van der Waals surface area contributed by atoms with Gasteiger partial charge in [0.05, 0.1) is 0 Å². The Hall–Kier alpha value is 0.0700. The molecular weight excluding hydrogens is 224 g/mol. The number of nitrogens with one attached hydrogen (secondary N) is 1. The molecule has 0 bridgehead atoms. The number of halogens is 1. The second-order valence-corrected chi connectivity index (χ2v) is 5.77. The van der Waals surface area contributed by atoms with Gasteiger partial charge in [0.2, 0.25) is 0 Å². The number of aromatic nitrogens is 1. The Morgan fingerprint density at radius 2 is 2.46 bits per heavy atom. The maximum atomic E-state index is 5.74. The fraction of sp³-hybridized carbons (Fsp3) is 0.625. The van der Waals surface area contributed by atoms with Crippen molar-refractivity contribution in [3.05, 3.63) is 9.85 Å².